The number of alkyl halides is 3. The Morgan fingerprint density at radius 2 is 2.19 bits per heavy atom. The number of hydrogen-bond donors (Lipinski definition) is 0. The topological polar surface area (TPSA) is 30.2 Å². The molecule has 0 aliphatic heterocycles. The Kier molecular flexibility index (Phi) is 3.90. The number of rotatable bonds is 2. The van der Waals surface area contributed by atoms with Crippen molar-refractivity contribution in [2.24, 2.45) is 4.99 Å². The van der Waals surface area contributed by atoms with Crippen molar-refractivity contribution in [2.75, 3.05) is 7.05 Å². The molecule has 1 aromatic rings. The molecule has 0 bridgehead atoms. The fourth-order valence-corrected chi connectivity index (χ4v) is 1.36. The summed E-state index contributed by atoms with van der Waals surface area (Å²) in [6, 6.07) is 0.923. The Morgan fingerprint density at radius 3 is 2.62 bits per heavy atom. The quantitative estimate of drug-likeness (QED) is 0.771. The number of halogens is 4. The summed E-state index contributed by atoms with van der Waals surface area (Å²) in [6.45, 7) is 1.64. The fourth-order valence-electron chi connectivity index (χ4n) is 0.978. The lowest BCUT2D eigenvalue weighted by atomic mass is 10.4. The van der Waals surface area contributed by atoms with Crippen LogP contribution in [0.1, 0.15) is 12.6 Å². The van der Waals surface area contributed by atoms with E-state index in [1.54, 1.807) is 14.0 Å². The molecular formula is C9H9BrF3N3. The highest BCUT2D eigenvalue weighted by molar-refractivity contribution is 9.12. The first-order valence-corrected chi connectivity index (χ1v) is 5.07. The minimum absolute atomic E-state index is 0.529. The van der Waals surface area contributed by atoms with Gasteiger partial charge in [0.1, 0.15) is 0 Å². The molecule has 3 nitrogen and oxygen atoms in total. The van der Waals surface area contributed by atoms with Gasteiger partial charge in [0, 0.05) is 19.5 Å². The molecule has 0 saturated carbocycles. The summed E-state index contributed by atoms with van der Waals surface area (Å²) in [4.78, 5) is 3.74. The molecule has 0 atom stereocenters. The van der Waals surface area contributed by atoms with Gasteiger partial charge in [0.2, 0.25) is 0 Å². The largest absolute Gasteiger partial charge is 0.435 e. The third kappa shape index (κ3) is 2.94. The molecule has 7 heteroatoms. The first-order chi connectivity index (χ1) is 7.36. The van der Waals surface area contributed by atoms with Gasteiger partial charge in [-0.2, -0.15) is 18.3 Å². The molecule has 1 rings (SSSR count). The van der Waals surface area contributed by atoms with Crippen LogP contribution in [-0.2, 0) is 6.18 Å². The predicted molar refractivity (Wildman–Crippen MR) is 59.5 cm³/mol. The maximum Gasteiger partial charge on any atom is 0.435 e. The normalized spacial score (nSPS) is 14.4. The maximum absolute atomic E-state index is 12.3. The molecule has 0 amide bonds. The molecule has 0 N–H and O–H groups in total. The second kappa shape index (κ2) is 4.82. The Bertz CT molecular complexity index is 431. The van der Waals surface area contributed by atoms with Crippen LogP contribution in [0.2, 0.25) is 0 Å². The highest BCUT2D eigenvalue weighted by atomic mass is 79.9. The van der Waals surface area contributed by atoms with E-state index in [0.717, 1.165) is 10.7 Å². The van der Waals surface area contributed by atoms with Crippen molar-refractivity contribution in [3.05, 3.63) is 22.4 Å². The van der Waals surface area contributed by atoms with Gasteiger partial charge in [0.15, 0.2) is 5.69 Å². The van der Waals surface area contributed by atoms with Crippen molar-refractivity contribution >= 4 is 27.8 Å². The van der Waals surface area contributed by atoms with E-state index in [2.05, 4.69) is 26.0 Å². The van der Waals surface area contributed by atoms with E-state index in [9.17, 15) is 13.2 Å². The number of allylic oxidation sites excluding steroid dienone is 2. The summed E-state index contributed by atoms with van der Waals surface area (Å²) in [5, 5.41) is 3.43. The van der Waals surface area contributed by atoms with Crippen molar-refractivity contribution in [3.8, 4) is 0 Å². The molecule has 0 fully saturated rings. The molecule has 0 aromatic carbocycles. The lowest BCUT2D eigenvalue weighted by molar-refractivity contribution is -0.141. The lowest BCUT2D eigenvalue weighted by Gasteiger charge is -2.03. The van der Waals surface area contributed by atoms with Gasteiger partial charge in [-0.25, -0.2) is 4.68 Å². The zero-order chi connectivity index (χ0) is 12.3. The summed E-state index contributed by atoms with van der Waals surface area (Å²) in [6.07, 6.45) is -1.68. The van der Waals surface area contributed by atoms with E-state index in [-0.39, 0.29) is 0 Å². The van der Waals surface area contributed by atoms with Crippen molar-refractivity contribution in [1.82, 2.24) is 9.78 Å². The molecule has 88 valence electrons. The van der Waals surface area contributed by atoms with Gasteiger partial charge in [0.25, 0.3) is 0 Å². The Morgan fingerprint density at radius 1 is 1.56 bits per heavy atom. The molecule has 16 heavy (non-hydrogen) atoms. The van der Waals surface area contributed by atoms with Crippen LogP contribution in [0.3, 0.4) is 0 Å². The molecule has 0 spiro atoms. The van der Waals surface area contributed by atoms with Gasteiger partial charge in [-0.1, -0.05) is 0 Å². The average molecular weight is 296 g/mol. The average Bonchev–Trinajstić information content (AvgIpc) is 2.65. The zero-order valence-corrected chi connectivity index (χ0v) is 10.2. The second-order valence-electron chi connectivity index (χ2n) is 2.96. The van der Waals surface area contributed by atoms with Crippen LogP contribution in [0.4, 0.5) is 13.2 Å². The van der Waals surface area contributed by atoms with Crippen LogP contribution in [0.5, 0.6) is 0 Å². The minimum Gasteiger partial charge on any atom is -0.295 e. The molecule has 0 radical (unpaired) electrons. The minimum atomic E-state index is -4.42. The second-order valence-corrected chi connectivity index (χ2v) is 3.82. The molecule has 0 aliphatic rings. The Labute approximate surface area is 98.8 Å². The molecule has 0 unspecified atom stereocenters. The van der Waals surface area contributed by atoms with Crippen molar-refractivity contribution < 1.29 is 13.2 Å². The van der Waals surface area contributed by atoms with Crippen LogP contribution in [0, 0.1) is 0 Å². The van der Waals surface area contributed by atoms with Crippen LogP contribution in [0.25, 0.3) is 5.70 Å². The van der Waals surface area contributed by atoms with Crippen molar-refractivity contribution in [3.63, 3.8) is 0 Å². The number of aliphatic imine (C=N–C) groups is 1. The summed E-state index contributed by atoms with van der Waals surface area (Å²) < 4.78 is 38.6. The molecular weight excluding hydrogens is 287 g/mol. The van der Waals surface area contributed by atoms with Gasteiger partial charge in [-0.3, -0.25) is 4.99 Å². The third-order valence-electron chi connectivity index (χ3n) is 1.81. The first-order valence-electron chi connectivity index (χ1n) is 4.28. The SMILES string of the molecule is CN=C/C(Br)=C(\C)n1ccc(C(F)(F)F)n1. The number of hydrogen-bond acceptors (Lipinski definition) is 2. The van der Waals surface area contributed by atoms with Gasteiger partial charge >= 0.3 is 6.18 Å². The summed E-state index contributed by atoms with van der Waals surface area (Å²) in [5.41, 5.74) is -0.387. The zero-order valence-electron chi connectivity index (χ0n) is 8.59. The lowest BCUT2D eigenvalue weighted by Crippen LogP contribution is -2.07. The molecule has 1 aromatic heterocycles. The van der Waals surface area contributed by atoms with Crippen molar-refractivity contribution in [1.29, 1.82) is 0 Å². The fraction of sp³-hybridized carbons (Fsp3) is 0.333. The summed E-state index contributed by atoms with van der Waals surface area (Å²) in [7, 11) is 1.57. The Hall–Kier alpha value is -1.11. The van der Waals surface area contributed by atoms with Crippen molar-refractivity contribution in [2.45, 2.75) is 13.1 Å². The summed E-state index contributed by atoms with van der Waals surface area (Å²) in [5.74, 6) is 0. The van der Waals surface area contributed by atoms with E-state index >= 15 is 0 Å². The number of nitrogens with zero attached hydrogens (tertiary/aromatic N) is 3. The van der Waals surface area contributed by atoms with Gasteiger partial charge < -0.3 is 0 Å². The van der Waals surface area contributed by atoms with E-state index in [0.29, 0.717) is 10.2 Å². The first kappa shape index (κ1) is 13.0. The number of aromatic nitrogens is 2. The smallest absolute Gasteiger partial charge is 0.295 e. The highest BCUT2D eigenvalue weighted by Gasteiger charge is 2.33. The molecule has 0 saturated heterocycles. The van der Waals surface area contributed by atoms with Gasteiger partial charge in [0.05, 0.1) is 10.2 Å². The van der Waals surface area contributed by atoms with Crippen LogP contribution in [0.15, 0.2) is 21.7 Å². The highest BCUT2D eigenvalue weighted by Crippen LogP contribution is 2.28. The predicted octanol–water partition coefficient (Wildman–Crippen LogP) is 3.19. The van der Waals surface area contributed by atoms with E-state index in [1.807, 2.05) is 0 Å². The van der Waals surface area contributed by atoms with Crippen LogP contribution < -0.4 is 0 Å². The standard InChI is InChI=1S/C9H9BrF3N3/c1-6(7(10)5-14-2)16-4-3-8(15-16)9(11,12)13/h3-5H,1-2H3/b7-6-,14-5?. The summed E-state index contributed by atoms with van der Waals surface area (Å²) >= 11 is 3.19. The van der Waals surface area contributed by atoms with E-state index < -0.39 is 11.9 Å². The van der Waals surface area contributed by atoms with Gasteiger partial charge in [-0.05, 0) is 28.9 Å². The maximum atomic E-state index is 12.3. The van der Waals surface area contributed by atoms with Crippen LogP contribution >= 0.6 is 15.9 Å². The van der Waals surface area contributed by atoms with E-state index in [1.165, 1.54) is 12.4 Å². The molecule has 0 aliphatic carbocycles. The Balaban J connectivity index is 3.08. The van der Waals surface area contributed by atoms with Gasteiger partial charge in [-0.15, -0.1) is 0 Å². The van der Waals surface area contributed by atoms with E-state index in [4.69, 9.17) is 0 Å². The third-order valence-corrected chi connectivity index (χ3v) is 2.59. The molecule has 1 heterocycles. The monoisotopic (exact) mass is 295 g/mol. The van der Waals surface area contributed by atoms with Crippen LogP contribution in [-0.4, -0.2) is 23.0 Å².